The zero-order valence-electron chi connectivity index (χ0n) is 14.1. The zero-order valence-corrected chi connectivity index (χ0v) is 14.1. The maximum absolute atomic E-state index is 12.7. The second kappa shape index (κ2) is 6.91. The number of pyridine rings is 1. The molecular weight excluding hydrogens is 302 g/mol. The monoisotopic (exact) mass is 325 g/mol. The van der Waals surface area contributed by atoms with Gasteiger partial charge in [0.25, 0.3) is 5.91 Å². The Morgan fingerprint density at radius 1 is 1.12 bits per heavy atom. The molecule has 24 heavy (non-hydrogen) atoms. The molecule has 126 valence electrons. The summed E-state index contributed by atoms with van der Waals surface area (Å²) in [5, 5.41) is 10.2. The molecular formula is C19H23N3O2. The topological polar surface area (TPSA) is 56.7 Å². The highest BCUT2D eigenvalue weighted by molar-refractivity contribution is 5.97. The molecule has 1 amide bonds. The number of carbonyl (C=O) groups is 1. The van der Waals surface area contributed by atoms with Crippen LogP contribution in [0.3, 0.4) is 0 Å². The standard InChI is InChI=1S/C19H23N3O2/c1-14(2)15-6-7-16(17(23)13-15)19(24)22-11-9-21(10-12-22)18-5-3-4-8-20-18/h3-8,13-14,23H,9-12H2,1-2H3. The van der Waals surface area contributed by atoms with Gasteiger partial charge in [0.1, 0.15) is 11.6 Å². The highest BCUT2D eigenvalue weighted by Gasteiger charge is 2.24. The number of phenols is 1. The van der Waals surface area contributed by atoms with E-state index in [4.69, 9.17) is 0 Å². The summed E-state index contributed by atoms with van der Waals surface area (Å²) in [5.74, 6) is 1.22. The highest BCUT2D eigenvalue weighted by Crippen LogP contribution is 2.25. The Morgan fingerprint density at radius 2 is 1.88 bits per heavy atom. The first-order chi connectivity index (χ1) is 11.6. The van der Waals surface area contributed by atoms with Crippen LogP contribution < -0.4 is 4.90 Å². The molecule has 5 nitrogen and oxygen atoms in total. The lowest BCUT2D eigenvalue weighted by atomic mass is 10.0. The predicted octanol–water partition coefficient (Wildman–Crippen LogP) is 2.87. The van der Waals surface area contributed by atoms with Crippen molar-refractivity contribution in [1.29, 1.82) is 0 Å². The maximum Gasteiger partial charge on any atom is 0.257 e. The number of piperazine rings is 1. The molecule has 1 saturated heterocycles. The van der Waals surface area contributed by atoms with Crippen molar-refractivity contribution in [1.82, 2.24) is 9.88 Å². The number of hydrogen-bond donors (Lipinski definition) is 1. The van der Waals surface area contributed by atoms with Crippen LogP contribution in [0.5, 0.6) is 5.75 Å². The van der Waals surface area contributed by atoms with Crippen LogP contribution in [-0.4, -0.2) is 47.1 Å². The molecule has 0 spiro atoms. The largest absolute Gasteiger partial charge is 0.507 e. The third-order valence-electron chi connectivity index (χ3n) is 4.46. The van der Waals surface area contributed by atoms with E-state index in [-0.39, 0.29) is 11.7 Å². The molecule has 0 unspecified atom stereocenters. The summed E-state index contributed by atoms with van der Waals surface area (Å²) >= 11 is 0. The van der Waals surface area contributed by atoms with E-state index >= 15 is 0 Å². The maximum atomic E-state index is 12.7. The van der Waals surface area contributed by atoms with Crippen LogP contribution in [0.4, 0.5) is 5.82 Å². The first-order valence-corrected chi connectivity index (χ1v) is 8.34. The van der Waals surface area contributed by atoms with Gasteiger partial charge < -0.3 is 14.9 Å². The number of benzene rings is 1. The molecule has 0 bridgehead atoms. The van der Waals surface area contributed by atoms with Gasteiger partial charge in [-0.3, -0.25) is 4.79 Å². The molecule has 2 aromatic rings. The molecule has 0 aliphatic carbocycles. The molecule has 1 N–H and O–H groups in total. The van der Waals surface area contributed by atoms with Gasteiger partial charge in [-0.15, -0.1) is 0 Å². The Bertz CT molecular complexity index is 708. The van der Waals surface area contributed by atoms with Crippen LogP contribution >= 0.6 is 0 Å². The van der Waals surface area contributed by atoms with Crippen LogP contribution in [0.2, 0.25) is 0 Å². The van der Waals surface area contributed by atoms with E-state index in [2.05, 4.69) is 23.7 Å². The van der Waals surface area contributed by atoms with E-state index < -0.39 is 0 Å². The predicted molar refractivity (Wildman–Crippen MR) is 94.5 cm³/mol. The summed E-state index contributed by atoms with van der Waals surface area (Å²) in [5.41, 5.74) is 1.41. The average molecular weight is 325 g/mol. The summed E-state index contributed by atoms with van der Waals surface area (Å²) in [6.45, 7) is 6.86. The molecule has 1 aromatic heterocycles. The number of carbonyl (C=O) groups excluding carboxylic acids is 1. The van der Waals surface area contributed by atoms with Crippen LogP contribution in [0.15, 0.2) is 42.6 Å². The molecule has 5 heteroatoms. The van der Waals surface area contributed by atoms with Crippen molar-refractivity contribution in [2.75, 3.05) is 31.1 Å². The molecule has 1 aliphatic heterocycles. The number of rotatable bonds is 3. The smallest absolute Gasteiger partial charge is 0.257 e. The second-order valence-electron chi connectivity index (χ2n) is 6.40. The van der Waals surface area contributed by atoms with E-state index in [1.165, 1.54) is 0 Å². The first-order valence-electron chi connectivity index (χ1n) is 8.34. The quantitative estimate of drug-likeness (QED) is 0.943. The molecule has 3 rings (SSSR count). The van der Waals surface area contributed by atoms with Crippen LogP contribution in [0, 0.1) is 0 Å². The number of aromatic nitrogens is 1. The van der Waals surface area contributed by atoms with Crippen molar-refractivity contribution in [2.45, 2.75) is 19.8 Å². The average Bonchev–Trinajstić information content (AvgIpc) is 2.62. The van der Waals surface area contributed by atoms with Crippen molar-refractivity contribution in [2.24, 2.45) is 0 Å². The van der Waals surface area contributed by atoms with Crippen molar-refractivity contribution < 1.29 is 9.90 Å². The van der Waals surface area contributed by atoms with Gasteiger partial charge in [-0.05, 0) is 35.7 Å². The number of phenolic OH excluding ortho intramolecular Hbond substituents is 1. The van der Waals surface area contributed by atoms with Gasteiger partial charge in [-0.25, -0.2) is 4.98 Å². The van der Waals surface area contributed by atoms with Crippen molar-refractivity contribution >= 4 is 11.7 Å². The van der Waals surface area contributed by atoms with Crippen molar-refractivity contribution in [3.63, 3.8) is 0 Å². The fourth-order valence-electron chi connectivity index (χ4n) is 2.94. The lowest BCUT2D eigenvalue weighted by Crippen LogP contribution is -2.49. The molecule has 0 saturated carbocycles. The van der Waals surface area contributed by atoms with Gasteiger partial charge in [0.15, 0.2) is 0 Å². The minimum Gasteiger partial charge on any atom is -0.507 e. The minimum absolute atomic E-state index is 0.0679. The van der Waals surface area contributed by atoms with Crippen LogP contribution in [0.25, 0.3) is 0 Å². The number of anilines is 1. The third-order valence-corrected chi connectivity index (χ3v) is 4.46. The van der Waals surface area contributed by atoms with E-state index in [1.54, 1.807) is 23.2 Å². The van der Waals surface area contributed by atoms with Gasteiger partial charge in [0.2, 0.25) is 0 Å². The molecule has 1 aromatic carbocycles. The fraction of sp³-hybridized carbons (Fsp3) is 0.368. The SMILES string of the molecule is CC(C)c1ccc(C(=O)N2CCN(c3ccccn3)CC2)c(O)c1. The Labute approximate surface area is 142 Å². The molecule has 0 radical (unpaired) electrons. The van der Waals surface area contributed by atoms with Crippen LogP contribution in [0.1, 0.15) is 35.7 Å². The van der Waals surface area contributed by atoms with E-state index in [0.717, 1.165) is 24.5 Å². The van der Waals surface area contributed by atoms with Gasteiger partial charge in [0.05, 0.1) is 5.56 Å². The number of nitrogens with zero attached hydrogens (tertiary/aromatic N) is 3. The summed E-state index contributed by atoms with van der Waals surface area (Å²) in [6, 6.07) is 11.2. The second-order valence-corrected chi connectivity index (χ2v) is 6.40. The summed E-state index contributed by atoms with van der Waals surface area (Å²) < 4.78 is 0. The summed E-state index contributed by atoms with van der Waals surface area (Å²) in [4.78, 5) is 21.0. The molecule has 1 fully saturated rings. The van der Waals surface area contributed by atoms with E-state index in [1.807, 2.05) is 24.3 Å². The number of hydrogen-bond acceptors (Lipinski definition) is 4. The van der Waals surface area contributed by atoms with E-state index in [9.17, 15) is 9.90 Å². The summed E-state index contributed by atoms with van der Waals surface area (Å²) in [6.07, 6.45) is 1.78. The van der Waals surface area contributed by atoms with Gasteiger partial charge >= 0.3 is 0 Å². The van der Waals surface area contributed by atoms with Gasteiger partial charge in [-0.2, -0.15) is 0 Å². The van der Waals surface area contributed by atoms with Gasteiger partial charge in [-0.1, -0.05) is 26.0 Å². The highest BCUT2D eigenvalue weighted by atomic mass is 16.3. The normalized spacial score (nSPS) is 15.0. The van der Waals surface area contributed by atoms with Crippen molar-refractivity contribution in [3.8, 4) is 5.75 Å². The molecule has 1 aliphatic rings. The lowest BCUT2D eigenvalue weighted by molar-refractivity contribution is 0.0743. The Balaban J connectivity index is 1.67. The lowest BCUT2D eigenvalue weighted by Gasteiger charge is -2.35. The number of aromatic hydroxyl groups is 1. The van der Waals surface area contributed by atoms with E-state index in [0.29, 0.717) is 24.6 Å². The number of amides is 1. The third kappa shape index (κ3) is 3.35. The van der Waals surface area contributed by atoms with Gasteiger partial charge in [0, 0.05) is 32.4 Å². The van der Waals surface area contributed by atoms with Crippen LogP contribution in [-0.2, 0) is 0 Å². The minimum atomic E-state index is -0.108. The molecule has 0 atom stereocenters. The fourth-order valence-corrected chi connectivity index (χ4v) is 2.94. The van der Waals surface area contributed by atoms with Crippen molar-refractivity contribution in [3.05, 3.63) is 53.7 Å². The Kier molecular flexibility index (Phi) is 4.69. The summed E-state index contributed by atoms with van der Waals surface area (Å²) in [7, 11) is 0. The molecule has 2 heterocycles. The Morgan fingerprint density at radius 3 is 2.46 bits per heavy atom. The Hall–Kier alpha value is -2.56. The first kappa shape index (κ1) is 16.3. The zero-order chi connectivity index (χ0) is 17.1.